The summed E-state index contributed by atoms with van der Waals surface area (Å²) in [4.78, 5) is 0. The summed E-state index contributed by atoms with van der Waals surface area (Å²) < 4.78 is 4.10. The van der Waals surface area contributed by atoms with Crippen molar-refractivity contribution in [3.05, 3.63) is 49.1 Å². The van der Waals surface area contributed by atoms with Gasteiger partial charge in [0.1, 0.15) is 18.1 Å². The van der Waals surface area contributed by atoms with Gasteiger partial charge in [-0.15, -0.1) is 0 Å². The van der Waals surface area contributed by atoms with Crippen LogP contribution in [0.3, 0.4) is 0 Å². The second-order valence-corrected chi connectivity index (χ2v) is 2.82. The van der Waals surface area contributed by atoms with Gasteiger partial charge in [0.05, 0.1) is 7.05 Å². The average molecular weight is 286 g/mol. The Morgan fingerprint density at radius 2 is 1.85 bits per heavy atom. The van der Waals surface area contributed by atoms with Crippen molar-refractivity contribution in [3.8, 4) is 5.69 Å². The molecule has 3 heteroatoms. The number of benzene rings is 1. The minimum absolute atomic E-state index is 0. The zero-order chi connectivity index (χ0) is 8.39. The van der Waals surface area contributed by atoms with E-state index in [0.29, 0.717) is 0 Å². The zero-order valence-corrected chi connectivity index (χ0v) is 9.55. The lowest BCUT2D eigenvalue weighted by Crippen LogP contribution is -3.00. The van der Waals surface area contributed by atoms with Gasteiger partial charge in [-0.05, 0) is 12.1 Å². The lowest BCUT2D eigenvalue weighted by atomic mass is 10.3. The van der Waals surface area contributed by atoms with Crippen LogP contribution in [-0.4, -0.2) is 4.57 Å². The van der Waals surface area contributed by atoms with Crippen molar-refractivity contribution in [2.45, 2.75) is 0 Å². The molecule has 0 amide bonds. The minimum Gasteiger partial charge on any atom is -1.00 e. The molecule has 0 N–H and O–H groups in total. The molecule has 0 spiro atoms. The van der Waals surface area contributed by atoms with Gasteiger partial charge in [0.2, 0.25) is 6.33 Å². The van der Waals surface area contributed by atoms with E-state index in [0.717, 1.165) is 0 Å². The summed E-state index contributed by atoms with van der Waals surface area (Å²) in [5, 5.41) is 0. The predicted octanol–water partition coefficient (Wildman–Crippen LogP) is -1.69. The van der Waals surface area contributed by atoms with Gasteiger partial charge >= 0.3 is 0 Å². The first-order valence-corrected chi connectivity index (χ1v) is 3.95. The molecule has 0 aliphatic carbocycles. The van der Waals surface area contributed by atoms with Crippen molar-refractivity contribution >= 4 is 0 Å². The predicted molar refractivity (Wildman–Crippen MR) is 46.9 cm³/mol. The Kier molecular flexibility index (Phi) is 3.48. The molecule has 0 saturated carbocycles. The molecule has 13 heavy (non-hydrogen) atoms. The molecule has 0 bridgehead atoms. The smallest absolute Gasteiger partial charge is 0.248 e. The van der Waals surface area contributed by atoms with E-state index in [1.807, 2.05) is 48.5 Å². The first kappa shape index (κ1) is 10.2. The van der Waals surface area contributed by atoms with E-state index >= 15 is 0 Å². The highest BCUT2D eigenvalue weighted by molar-refractivity contribution is 5.30. The van der Waals surface area contributed by atoms with Crippen molar-refractivity contribution in [2.24, 2.45) is 7.05 Å². The summed E-state index contributed by atoms with van der Waals surface area (Å²) >= 11 is 0. The first-order chi connectivity index (χ1) is 5.86. The molecular formula is C10H11IN2. The SMILES string of the molecule is C[n+]1ccn(-c2ccccc2)c1.[I-]. The molecule has 0 saturated heterocycles. The molecule has 68 valence electrons. The molecule has 2 aromatic rings. The van der Waals surface area contributed by atoms with E-state index in [1.165, 1.54) is 5.69 Å². The molecular weight excluding hydrogens is 275 g/mol. The Balaban J connectivity index is 0.000000845. The normalized spacial score (nSPS) is 9.31. The van der Waals surface area contributed by atoms with Crippen molar-refractivity contribution in [2.75, 3.05) is 0 Å². The van der Waals surface area contributed by atoms with Crippen molar-refractivity contribution in [1.82, 2.24) is 4.57 Å². The third-order valence-corrected chi connectivity index (χ3v) is 1.82. The molecule has 0 radical (unpaired) electrons. The molecule has 0 aliphatic heterocycles. The van der Waals surface area contributed by atoms with Crippen LogP contribution in [0, 0.1) is 0 Å². The maximum atomic E-state index is 2.08. The Morgan fingerprint density at radius 3 is 2.38 bits per heavy atom. The average Bonchev–Trinajstić information content (AvgIpc) is 2.54. The fraction of sp³-hybridized carbons (Fsp3) is 0.100. The maximum absolute atomic E-state index is 2.08. The Morgan fingerprint density at radius 1 is 1.15 bits per heavy atom. The topological polar surface area (TPSA) is 8.81 Å². The molecule has 0 unspecified atom stereocenters. The Hall–Kier alpha value is -0.840. The molecule has 0 atom stereocenters. The van der Waals surface area contributed by atoms with Crippen LogP contribution in [0.15, 0.2) is 49.1 Å². The van der Waals surface area contributed by atoms with Crippen molar-refractivity contribution < 1.29 is 28.5 Å². The highest BCUT2D eigenvalue weighted by Gasteiger charge is 2.00. The number of para-hydroxylation sites is 1. The van der Waals surface area contributed by atoms with Crippen LogP contribution in [0.2, 0.25) is 0 Å². The summed E-state index contributed by atoms with van der Waals surface area (Å²) in [6.07, 6.45) is 6.09. The summed E-state index contributed by atoms with van der Waals surface area (Å²) in [6, 6.07) is 10.3. The molecule has 2 nitrogen and oxygen atoms in total. The third kappa shape index (κ3) is 2.30. The fourth-order valence-corrected chi connectivity index (χ4v) is 1.20. The number of nitrogens with zero attached hydrogens (tertiary/aromatic N) is 2. The number of hydrogen-bond donors (Lipinski definition) is 0. The Bertz CT molecular complexity index is 367. The second kappa shape index (κ2) is 4.41. The van der Waals surface area contributed by atoms with Crippen LogP contribution in [-0.2, 0) is 7.05 Å². The summed E-state index contributed by atoms with van der Waals surface area (Å²) in [6.45, 7) is 0. The van der Waals surface area contributed by atoms with Crippen molar-refractivity contribution in [3.63, 3.8) is 0 Å². The fourth-order valence-electron chi connectivity index (χ4n) is 1.20. The van der Waals surface area contributed by atoms with Gasteiger partial charge in [-0.25, -0.2) is 9.13 Å². The van der Waals surface area contributed by atoms with Gasteiger partial charge in [0.25, 0.3) is 0 Å². The number of aryl methyl sites for hydroxylation is 1. The van der Waals surface area contributed by atoms with E-state index in [4.69, 9.17) is 0 Å². The lowest BCUT2D eigenvalue weighted by Gasteiger charge is -1.91. The van der Waals surface area contributed by atoms with Crippen LogP contribution in [0.4, 0.5) is 0 Å². The summed E-state index contributed by atoms with van der Waals surface area (Å²) in [7, 11) is 2.01. The first-order valence-electron chi connectivity index (χ1n) is 3.95. The maximum Gasteiger partial charge on any atom is 0.248 e. The van der Waals surface area contributed by atoms with Gasteiger partial charge in [-0.1, -0.05) is 18.2 Å². The molecule has 0 fully saturated rings. The molecule has 1 aromatic heterocycles. The quantitative estimate of drug-likeness (QED) is 0.437. The van der Waals surface area contributed by atoms with Crippen LogP contribution in [0.5, 0.6) is 0 Å². The molecule has 2 rings (SSSR count). The highest BCUT2D eigenvalue weighted by atomic mass is 127. The van der Waals surface area contributed by atoms with E-state index in [9.17, 15) is 0 Å². The number of halogens is 1. The van der Waals surface area contributed by atoms with Gasteiger partial charge < -0.3 is 24.0 Å². The molecule has 0 aliphatic rings. The van der Waals surface area contributed by atoms with Crippen LogP contribution in [0.1, 0.15) is 0 Å². The van der Waals surface area contributed by atoms with Crippen molar-refractivity contribution in [1.29, 1.82) is 0 Å². The summed E-state index contributed by atoms with van der Waals surface area (Å²) in [5.74, 6) is 0. The minimum atomic E-state index is 0. The van der Waals surface area contributed by atoms with Gasteiger partial charge in [0.15, 0.2) is 0 Å². The van der Waals surface area contributed by atoms with E-state index < -0.39 is 0 Å². The third-order valence-electron chi connectivity index (χ3n) is 1.82. The number of imidazole rings is 1. The second-order valence-electron chi connectivity index (χ2n) is 2.82. The number of hydrogen-bond acceptors (Lipinski definition) is 0. The van der Waals surface area contributed by atoms with Crippen LogP contribution < -0.4 is 28.5 Å². The molecule has 1 heterocycles. The van der Waals surface area contributed by atoms with Gasteiger partial charge in [0, 0.05) is 0 Å². The van der Waals surface area contributed by atoms with Gasteiger partial charge in [-0.2, -0.15) is 0 Å². The van der Waals surface area contributed by atoms with Crippen LogP contribution in [0.25, 0.3) is 5.69 Å². The monoisotopic (exact) mass is 286 g/mol. The zero-order valence-electron chi connectivity index (χ0n) is 7.39. The van der Waals surface area contributed by atoms with Gasteiger partial charge in [-0.3, -0.25) is 0 Å². The van der Waals surface area contributed by atoms with E-state index in [2.05, 4.69) is 16.7 Å². The summed E-state index contributed by atoms with van der Waals surface area (Å²) in [5.41, 5.74) is 1.19. The number of rotatable bonds is 1. The van der Waals surface area contributed by atoms with E-state index in [1.54, 1.807) is 0 Å². The standard InChI is InChI=1S/C10H11N2.HI/c1-11-7-8-12(9-11)10-5-3-2-4-6-10;/h2-9H,1H3;1H/q+1;/p-1. The largest absolute Gasteiger partial charge is 1.00 e. The lowest BCUT2D eigenvalue weighted by molar-refractivity contribution is -0.670. The van der Waals surface area contributed by atoms with E-state index in [-0.39, 0.29) is 24.0 Å². The van der Waals surface area contributed by atoms with Crippen LogP contribution >= 0.6 is 0 Å². The molecule has 1 aromatic carbocycles. The number of aromatic nitrogens is 2. The highest BCUT2D eigenvalue weighted by Crippen LogP contribution is 2.03. The Labute approximate surface area is 94.8 Å².